The Kier molecular flexibility index (Phi) is 7.34. The van der Waals surface area contributed by atoms with Crippen LogP contribution in [0, 0.1) is 0 Å². The van der Waals surface area contributed by atoms with Gasteiger partial charge in [-0.25, -0.2) is 0 Å². The minimum absolute atomic E-state index is 0.00405. The normalized spacial score (nSPS) is 19.6. The third-order valence-electron chi connectivity index (χ3n) is 4.77. The van der Waals surface area contributed by atoms with Gasteiger partial charge in [0, 0.05) is 26.6 Å². The van der Waals surface area contributed by atoms with Crippen molar-refractivity contribution in [3.8, 4) is 0 Å². The van der Waals surface area contributed by atoms with Crippen molar-refractivity contribution in [2.45, 2.75) is 25.3 Å². The standard InChI is InChI=1S/C18H23N3O3.CH2O2/c1-19-12-17(23)21(13-16(22)20-9-5-6-10-20)15(18(19)24)11-14-7-3-2-4-8-14;2-1-3/h2-4,7-8,15H,5-6,9-13H2,1H3;1H,(H,2,3)/t15-;/m0./s1. The molecule has 0 bridgehead atoms. The Morgan fingerprint density at radius 3 is 2.37 bits per heavy atom. The molecular weight excluding hydrogens is 350 g/mol. The molecule has 1 N–H and O–H groups in total. The SMILES string of the molecule is CN1CC(=O)N(CC(=O)N2CCCC2)[C@@H](Cc2ccccc2)C1=O.O=CO. The Labute approximate surface area is 158 Å². The Hall–Kier alpha value is -2.90. The minimum Gasteiger partial charge on any atom is -0.483 e. The Balaban J connectivity index is 0.000000817. The fraction of sp³-hybridized carbons (Fsp3) is 0.474. The number of benzene rings is 1. The second-order valence-corrected chi connectivity index (χ2v) is 6.61. The number of hydrogen-bond acceptors (Lipinski definition) is 4. The van der Waals surface area contributed by atoms with Gasteiger partial charge in [-0.1, -0.05) is 30.3 Å². The zero-order valence-corrected chi connectivity index (χ0v) is 15.4. The van der Waals surface area contributed by atoms with Crippen molar-refractivity contribution in [3.63, 3.8) is 0 Å². The number of likely N-dealkylation sites (tertiary alicyclic amines) is 1. The Morgan fingerprint density at radius 1 is 1.19 bits per heavy atom. The molecule has 1 aromatic carbocycles. The molecule has 2 fully saturated rings. The van der Waals surface area contributed by atoms with Gasteiger partial charge in [-0.15, -0.1) is 0 Å². The third kappa shape index (κ3) is 5.29. The van der Waals surface area contributed by atoms with Gasteiger partial charge in [-0.3, -0.25) is 19.2 Å². The zero-order valence-electron chi connectivity index (χ0n) is 15.4. The number of hydrogen-bond donors (Lipinski definition) is 1. The molecule has 0 aliphatic carbocycles. The average molecular weight is 375 g/mol. The molecule has 1 atom stereocenters. The van der Waals surface area contributed by atoms with Crippen LogP contribution >= 0.6 is 0 Å². The molecule has 2 aliphatic heterocycles. The van der Waals surface area contributed by atoms with Crippen molar-refractivity contribution in [3.05, 3.63) is 35.9 Å². The topological polar surface area (TPSA) is 98.2 Å². The molecule has 0 unspecified atom stereocenters. The quantitative estimate of drug-likeness (QED) is 0.760. The molecule has 2 aliphatic rings. The van der Waals surface area contributed by atoms with E-state index >= 15 is 0 Å². The van der Waals surface area contributed by atoms with Crippen LogP contribution in [0.4, 0.5) is 0 Å². The number of carbonyl (C=O) groups is 4. The van der Waals surface area contributed by atoms with Crippen LogP contribution in [0.1, 0.15) is 18.4 Å². The largest absolute Gasteiger partial charge is 0.483 e. The molecule has 27 heavy (non-hydrogen) atoms. The molecule has 0 saturated carbocycles. The zero-order chi connectivity index (χ0) is 19.8. The van der Waals surface area contributed by atoms with E-state index < -0.39 is 6.04 Å². The number of likely N-dealkylation sites (N-methyl/N-ethyl adjacent to an activating group) is 1. The number of rotatable bonds is 4. The first-order valence-electron chi connectivity index (χ1n) is 8.92. The predicted octanol–water partition coefficient (Wildman–Crippen LogP) is 0.222. The monoisotopic (exact) mass is 375 g/mol. The molecule has 0 radical (unpaired) electrons. The van der Waals surface area contributed by atoms with Crippen LogP contribution in [0.2, 0.25) is 0 Å². The van der Waals surface area contributed by atoms with E-state index in [1.807, 2.05) is 30.3 Å². The van der Waals surface area contributed by atoms with Gasteiger partial charge in [0.05, 0.1) is 6.54 Å². The number of piperazine rings is 1. The van der Waals surface area contributed by atoms with Gasteiger partial charge >= 0.3 is 0 Å². The highest BCUT2D eigenvalue weighted by atomic mass is 16.3. The summed E-state index contributed by atoms with van der Waals surface area (Å²) < 4.78 is 0. The fourth-order valence-electron chi connectivity index (χ4n) is 3.38. The van der Waals surface area contributed by atoms with E-state index in [1.165, 1.54) is 9.80 Å². The van der Waals surface area contributed by atoms with E-state index in [2.05, 4.69) is 0 Å². The van der Waals surface area contributed by atoms with Crippen LogP contribution in [0.3, 0.4) is 0 Å². The maximum Gasteiger partial charge on any atom is 0.290 e. The van der Waals surface area contributed by atoms with Crippen molar-refractivity contribution in [1.29, 1.82) is 0 Å². The van der Waals surface area contributed by atoms with E-state index in [1.54, 1.807) is 11.9 Å². The smallest absolute Gasteiger partial charge is 0.290 e. The highest BCUT2D eigenvalue weighted by Crippen LogP contribution is 2.18. The number of carboxylic acid groups (broad SMARTS) is 1. The van der Waals surface area contributed by atoms with Crippen molar-refractivity contribution >= 4 is 24.2 Å². The first kappa shape index (κ1) is 20.4. The van der Waals surface area contributed by atoms with Gasteiger partial charge in [0.1, 0.15) is 12.6 Å². The lowest BCUT2D eigenvalue weighted by molar-refractivity contribution is -0.157. The summed E-state index contributed by atoms with van der Waals surface area (Å²) in [5, 5.41) is 6.89. The fourth-order valence-corrected chi connectivity index (χ4v) is 3.38. The van der Waals surface area contributed by atoms with Crippen molar-refractivity contribution in [1.82, 2.24) is 14.7 Å². The van der Waals surface area contributed by atoms with Crippen LogP contribution in [0.5, 0.6) is 0 Å². The lowest BCUT2D eigenvalue weighted by Crippen LogP contribution is -2.61. The summed E-state index contributed by atoms with van der Waals surface area (Å²) in [6.07, 6.45) is 2.45. The molecular formula is C19H25N3O5. The van der Waals surface area contributed by atoms with Crippen LogP contribution < -0.4 is 0 Å². The molecule has 8 nitrogen and oxygen atoms in total. The molecule has 0 aromatic heterocycles. The van der Waals surface area contributed by atoms with Crippen LogP contribution in [-0.2, 0) is 25.6 Å². The van der Waals surface area contributed by atoms with Crippen molar-refractivity contribution < 1.29 is 24.3 Å². The number of carbonyl (C=O) groups excluding carboxylic acids is 3. The molecule has 8 heteroatoms. The van der Waals surface area contributed by atoms with E-state index in [0.717, 1.165) is 31.5 Å². The lowest BCUT2D eigenvalue weighted by Gasteiger charge is -2.39. The first-order chi connectivity index (χ1) is 13.0. The molecule has 2 heterocycles. The summed E-state index contributed by atoms with van der Waals surface area (Å²) in [5.41, 5.74) is 0.984. The highest BCUT2D eigenvalue weighted by Gasteiger charge is 2.39. The Morgan fingerprint density at radius 2 is 1.78 bits per heavy atom. The van der Waals surface area contributed by atoms with Gasteiger partial charge in [0.2, 0.25) is 17.7 Å². The second-order valence-electron chi connectivity index (χ2n) is 6.61. The maximum atomic E-state index is 12.6. The van der Waals surface area contributed by atoms with Crippen molar-refractivity contribution in [2.24, 2.45) is 0 Å². The average Bonchev–Trinajstić information content (AvgIpc) is 3.19. The molecule has 3 amide bonds. The molecule has 3 rings (SSSR count). The lowest BCUT2D eigenvalue weighted by atomic mass is 10.0. The summed E-state index contributed by atoms with van der Waals surface area (Å²) in [5.74, 6) is -0.325. The van der Waals surface area contributed by atoms with E-state index in [0.29, 0.717) is 6.42 Å². The van der Waals surface area contributed by atoms with Crippen LogP contribution in [0.15, 0.2) is 30.3 Å². The minimum atomic E-state index is -0.606. The molecule has 2 saturated heterocycles. The summed E-state index contributed by atoms with van der Waals surface area (Å²) in [4.78, 5) is 50.6. The Bertz CT molecular complexity index is 673. The van der Waals surface area contributed by atoms with E-state index in [4.69, 9.17) is 9.90 Å². The maximum absolute atomic E-state index is 12.6. The van der Waals surface area contributed by atoms with Crippen LogP contribution in [-0.4, -0.2) is 83.3 Å². The number of nitrogens with zero attached hydrogens (tertiary/aromatic N) is 3. The molecule has 146 valence electrons. The predicted molar refractivity (Wildman–Crippen MR) is 97.8 cm³/mol. The second kappa shape index (κ2) is 9.70. The van der Waals surface area contributed by atoms with Gasteiger partial charge in [0.15, 0.2) is 0 Å². The van der Waals surface area contributed by atoms with Gasteiger partial charge in [0.25, 0.3) is 6.47 Å². The third-order valence-corrected chi connectivity index (χ3v) is 4.77. The van der Waals surface area contributed by atoms with Gasteiger partial charge in [-0.05, 0) is 18.4 Å². The van der Waals surface area contributed by atoms with E-state index in [9.17, 15) is 14.4 Å². The summed E-state index contributed by atoms with van der Waals surface area (Å²) in [6, 6.07) is 9.00. The summed E-state index contributed by atoms with van der Waals surface area (Å²) in [6.45, 7) is 1.28. The van der Waals surface area contributed by atoms with E-state index in [-0.39, 0.29) is 37.3 Å². The highest BCUT2D eigenvalue weighted by molar-refractivity contribution is 5.97. The molecule has 0 spiro atoms. The molecule has 1 aromatic rings. The first-order valence-corrected chi connectivity index (χ1v) is 8.92. The van der Waals surface area contributed by atoms with Gasteiger partial charge in [-0.2, -0.15) is 0 Å². The number of amides is 3. The van der Waals surface area contributed by atoms with Crippen molar-refractivity contribution in [2.75, 3.05) is 33.2 Å². The van der Waals surface area contributed by atoms with Crippen LogP contribution in [0.25, 0.3) is 0 Å². The van der Waals surface area contributed by atoms with Gasteiger partial charge < -0.3 is 19.8 Å². The summed E-state index contributed by atoms with van der Waals surface area (Å²) in [7, 11) is 1.64. The summed E-state index contributed by atoms with van der Waals surface area (Å²) >= 11 is 0.